The summed E-state index contributed by atoms with van der Waals surface area (Å²) in [6.45, 7) is 6.89. The lowest BCUT2D eigenvalue weighted by Gasteiger charge is -2.29. The Morgan fingerprint density at radius 3 is 2.09 bits per heavy atom. The van der Waals surface area contributed by atoms with Gasteiger partial charge in [0.25, 0.3) is 0 Å². The van der Waals surface area contributed by atoms with Crippen LogP contribution in [-0.2, 0) is 39.8 Å². The van der Waals surface area contributed by atoms with Crippen molar-refractivity contribution in [2.75, 3.05) is 27.4 Å². The first-order valence-electron chi connectivity index (χ1n) is 10.1. The summed E-state index contributed by atoms with van der Waals surface area (Å²) >= 11 is 0. The summed E-state index contributed by atoms with van der Waals surface area (Å²) in [6, 6.07) is 6.45. The fourth-order valence-corrected chi connectivity index (χ4v) is 3.14. The van der Waals surface area contributed by atoms with Crippen molar-refractivity contribution in [3.05, 3.63) is 60.7 Å². The van der Waals surface area contributed by atoms with Gasteiger partial charge in [0.2, 0.25) is 0 Å². The van der Waals surface area contributed by atoms with E-state index in [-0.39, 0.29) is 44.0 Å². The number of benzene rings is 1. The average molecular weight is 446 g/mol. The quantitative estimate of drug-likeness (QED) is 0.141. The van der Waals surface area contributed by atoms with Gasteiger partial charge in [-0.1, -0.05) is 43.9 Å². The minimum atomic E-state index is -1.68. The van der Waals surface area contributed by atoms with E-state index in [1.54, 1.807) is 24.3 Å². The topological polar surface area (TPSA) is 105 Å². The molecule has 0 aromatic heterocycles. The Morgan fingerprint density at radius 2 is 1.56 bits per heavy atom. The number of methoxy groups -OCH3 is 2. The molecule has 0 amide bonds. The fraction of sp³-hybridized carbons (Fsp3) is 0.417. The van der Waals surface area contributed by atoms with Gasteiger partial charge < -0.3 is 18.9 Å². The zero-order valence-electron chi connectivity index (χ0n) is 18.6. The smallest absolute Gasteiger partial charge is 0.337 e. The molecule has 1 rings (SSSR count). The van der Waals surface area contributed by atoms with E-state index in [1.165, 1.54) is 26.4 Å². The Labute approximate surface area is 188 Å². The molecule has 0 saturated heterocycles. The molecule has 0 radical (unpaired) electrons. The molecule has 32 heavy (non-hydrogen) atoms. The molecule has 0 bridgehead atoms. The van der Waals surface area contributed by atoms with Gasteiger partial charge in [0, 0.05) is 6.42 Å². The third-order valence-corrected chi connectivity index (χ3v) is 4.76. The van der Waals surface area contributed by atoms with E-state index in [2.05, 4.69) is 17.9 Å². The standard InChI is InChI=1S/C24H30O8/c1-5-14-31-22(27)24(23(28)32-15-6-2,13-8-7-12-20(25)29-3)17-18-10-9-11-19(16-18)21(26)30-4/h5-6,9-11,16H,1-2,7-8,12-15,17H2,3-4H3. The molecule has 0 aliphatic carbocycles. The van der Waals surface area contributed by atoms with Gasteiger partial charge in [0.15, 0.2) is 5.41 Å². The van der Waals surface area contributed by atoms with Crippen molar-refractivity contribution in [3.63, 3.8) is 0 Å². The zero-order valence-corrected chi connectivity index (χ0v) is 18.6. The maximum Gasteiger partial charge on any atom is 0.337 e. The molecule has 0 saturated carbocycles. The van der Waals surface area contributed by atoms with E-state index in [0.29, 0.717) is 18.4 Å². The molecule has 0 N–H and O–H groups in total. The number of ether oxygens (including phenoxy) is 4. The zero-order chi connectivity index (χ0) is 24.0. The van der Waals surface area contributed by atoms with Gasteiger partial charge in [-0.05, 0) is 37.0 Å². The molecule has 0 heterocycles. The van der Waals surface area contributed by atoms with Crippen LogP contribution >= 0.6 is 0 Å². The Morgan fingerprint density at radius 1 is 0.938 bits per heavy atom. The Kier molecular flexibility index (Phi) is 11.5. The van der Waals surface area contributed by atoms with E-state index in [1.807, 2.05) is 0 Å². The van der Waals surface area contributed by atoms with Gasteiger partial charge in [-0.25, -0.2) is 4.79 Å². The van der Waals surface area contributed by atoms with Crippen molar-refractivity contribution >= 4 is 23.9 Å². The second-order valence-corrected chi connectivity index (χ2v) is 7.01. The van der Waals surface area contributed by atoms with Crippen LogP contribution in [0.2, 0.25) is 0 Å². The second-order valence-electron chi connectivity index (χ2n) is 7.01. The van der Waals surface area contributed by atoms with Crippen molar-refractivity contribution < 1.29 is 38.1 Å². The molecule has 0 unspecified atom stereocenters. The maximum absolute atomic E-state index is 13.1. The number of carbonyl (C=O) groups excluding carboxylic acids is 4. The first kappa shape index (κ1) is 26.6. The molecule has 0 aliphatic heterocycles. The first-order chi connectivity index (χ1) is 15.3. The van der Waals surface area contributed by atoms with Gasteiger partial charge in [-0.2, -0.15) is 0 Å². The molecule has 1 aromatic rings. The van der Waals surface area contributed by atoms with Crippen LogP contribution in [0.25, 0.3) is 0 Å². The predicted octanol–water partition coefficient (Wildman–Crippen LogP) is 3.19. The summed E-state index contributed by atoms with van der Waals surface area (Å²) in [5.41, 5.74) is -0.854. The van der Waals surface area contributed by atoms with Crippen LogP contribution in [0.1, 0.15) is 41.6 Å². The molecular weight excluding hydrogens is 416 g/mol. The Hall–Kier alpha value is -3.42. The molecule has 1 aromatic carbocycles. The number of unbranched alkanes of at least 4 members (excludes halogenated alkanes) is 1. The minimum absolute atomic E-state index is 0.0674. The summed E-state index contributed by atoms with van der Waals surface area (Å²) in [5.74, 6) is -2.47. The van der Waals surface area contributed by atoms with Gasteiger partial charge in [-0.15, -0.1) is 0 Å². The molecule has 0 atom stereocenters. The second kappa shape index (κ2) is 13.8. The summed E-state index contributed by atoms with van der Waals surface area (Å²) in [4.78, 5) is 49.6. The summed E-state index contributed by atoms with van der Waals surface area (Å²) < 4.78 is 19.9. The third-order valence-electron chi connectivity index (χ3n) is 4.76. The number of hydrogen-bond acceptors (Lipinski definition) is 8. The largest absolute Gasteiger partial charge is 0.469 e. The van der Waals surface area contributed by atoms with Crippen molar-refractivity contribution in [1.82, 2.24) is 0 Å². The first-order valence-corrected chi connectivity index (χ1v) is 10.1. The average Bonchev–Trinajstić information content (AvgIpc) is 2.81. The van der Waals surface area contributed by atoms with E-state index in [9.17, 15) is 19.2 Å². The molecule has 8 nitrogen and oxygen atoms in total. The highest BCUT2D eigenvalue weighted by Crippen LogP contribution is 2.34. The molecule has 0 spiro atoms. The predicted molar refractivity (Wildman–Crippen MR) is 117 cm³/mol. The lowest BCUT2D eigenvalue weighted by atomic mass is 9.76. The van der Waals surface area contributed by atoms with Gasteiger partial charge >= 0.3 is 23.9 Å². The third kappa shape index (κ3) is 7.68. The molecule has 0 aliphatic rings. The van der Waals surface area contributed by atoms with Gasteiger partial charge in [0.1, 0.15) is 13.2 Å². The number of carbonyl (C=O) groups is 4. The molecule has 174 valence electrons. The van der Waals surface area contributed by atoms with Gasteiger partial charge in [0.05, 0.1) is 19.8 Å². The molecular formula is C24H30O8. The Balaban J connectivity index is 3.31. The van der Waals surface area contributed by atoms with Gasteiger partial charge in [-0.3, -0.25) is 14.4 Å². The van der Waals surface area contributed by atoms with Crippen LogP contribution in [0.4, 0.5) is 0 Å². The van der Waals surface area contributed by atoms with Crippen molar-refractivity contribution in [2.45, 2.75) is 32.1 Å². The van der Waals surface area contributed by atoms with Crippen LogP contribution in [0, 0.1) is 5.41 Å². The molecule has 0 fully saturated rings. The normalized spacial score (nSPS) is 10.6. The highest BCUT2D eigenvalue weighted by atomic mass is 16.6. The van der Waals surface area contributed by atoms with E-state index < -0.39 is 23.3 Å². The minimum Gasteiger partial charge on any atom is -0.469 e. The van der Waals surface area contributed by atoms with Crippen LogP contribution in [0.15, 0.2) is 49.6 Å². The highest BCUT2D eigenvalue weighted by molar-refractivity contribution is 6.00. The summed E-state index contributed by atoms with van der Waals surface area (Å²) in [7, 11) is 2.56. The van der Waals surface area contributed by atoms with Crippen molar-refractivity contribution in [3.8, 4) is 0 Å². The van der Waals surface area contributed by atoms with Crippen LogP contribution in [0.3, 0.4) is 0 Å². The molecule has 8 heteroatoms. The summed E-state index contributed by atoms with van der Waals surface area (Å²) in [6.07, 6.45) is 3.70. The monoisotopic (exact) mass is 446 g/mol. The lowest BCUT2D eigenvalue weighted by Crippen LogP contribution is -2.44. The lowest BCUT2D eigenvalue weighted by molar-refractivity contribution is -0.172. The maximum atomic E-state index is 13.1. The summed E-state index contributed by atoms with van der Waals surface area (Å²) in [5, 5.41) is 0. The Bertz CT molecular complexity index is 803. The number of rotatable bonds is 14. The van der Waals surface area contributed by atoms with Crippen LogP contribution < -0.4 is 0 Å². The van der Waals surface area contributed by atoms with Crippen LogP contribution in [0.5, 0.6) is 0 Å². The fourth-order valence-electron chi connectivity index (χ4n) is 3.14. The van der Waals surface area contributed by atoms with E-state index in [4.69, 9.17) is 14.2 Å². The highest BCUT2D eigenvalue weighted by Gasteiger charge is 2.48. The van der Waals surface area contributed by atoms with Crippen molar-refractivity contribution in [2.24, 2.45) is 5.41 Å². The SMILES string of the molecule is C=CCOC(=O)C(CCCCC(=O)OC)(Cc1cccc(C(=O)OC)c1)C(=O)OCC=C. The number of hydrogen-bond donors (Lipinski definition) is 0. The van der Waals surface area contributed by atoms with Crippen molar-refractivity contribution in [1.29, 1.82) is 0 Å². The van der Waals surface area contributed by atoms with Crippen LogP contribution in [-0.4, -0.2) is 51.3 Å². The van der Waals surface area contributed by atoms with E-state index >= 15 is 0 Å². The number of esters is 4. The van der Waals surface area contributed by atoms with E-state index in [0.717, 1.165) is 0 Å².